The number of aryl methyl sites for hydroxylation is 1. The number of hydrogen-bond acceptors (Lipinski definition) is 8. The number of rotatable bonds is 11. The highest BCUT2D eigenvalue weighted by Crippen LogP contribution is 2.33. The molecule has 4 aliphatic rings. The Kier molecular flexibility index (Phi) is 12.3. The van der Waals surface area contributed by atoms with E-state index in [9.17, 15) is 9.90 Å². The van der Waals surface area contributed by atoms with Crippen LogP contribution in [0.3, 0.4) is 0 Å². The molecule has 3 N–H and O–H groups in total. The highest BCUT2D eigenvalue weighted by atomic mass is 127. The molecule has 0 spiro atoms. The molecule has 0 radical (unpaired) electrons. The van der Waals surface area contributed by atoms with Gasteiger partial charge in [-0.25, -0.2) is 4.98 Å². The van der Waals surface area contributed by atoms with Crippen LogP contribution in [0.15, 0.2) is 22.9 Å². The maximum absolute atomic E-state index is 13.4. The summed E-state index contributed by atoms with van der Waals surface area (Å²) in [7, 11) is 0. The van der Waals surface area contributed by atoms with E-state index in [1.807, 2.05) is 13.0 Å². The smallest absolute Gasteiger partial charge is 0.223 e. The predicted octanol–water partition coefficient (Wildman–Crippen LogP) is 5.69. The van der Waals surface area contributed by atoms with Crippen LogP contribution in [0.2, 0.25) is 0 Å². The van der Waals surface area contributed by atoms with Crippen molar-refractivity contribution < 1.29 is 19.1 Å². The lowest BCUT2D eigenvalue weighted by Gasteiger charge is -2.46. The van der Waals surface area contributed by atoms with E-state index >= 15 is 0 Å². The van der Waals surface area contributed by atoms with E-state index in [-0.39, 0.29) is 11.8 Å². The van der Waals surface area contributed by atoms with E-state index in [0.29, 0.717) is 37.9 Å². The van der Waals surface area contributed by atoms with Crippen LogP contribution in [-0.4, -0.2) is 76.3 Å². The molecule has 1 aromatic carbocycles. The Labute approximate surface area is 288 Å². The first-order valence-electron chi connectivity index (χ1n) is 18.0. The minimum absolute atomic E-state index is 0.00526. The Hall–Kier alpha value is -1.73. The number of aliphatic hydroxyl groups is 1. The van der Waals surface area contributed by atoms with Crippen LogP contribution in [0.25, 0.3) is 0 Å². The van der Waals surface area contributed by atoms with Gasteiger partial charge >= 0.3 is 0 Å². The Morgan fingerprint density at radius 1 is 1.09 bits per heavy atom. The molecule has 2 aromatic rings. The van der Waals surface area contributed by atoms with Crippen LogP contribution in [0.5, 0.6) is 5.75 Å². The van der Waals surface area contributed by atoms with E-state index in [2.05, 4.69) is 54.1 Å². The van der Waals surface area contributed by atoms with Gasteiger partial charge in [-0.2, -0.15) is 0 Å². The summed E-state index contributed by atoms with van der Waals surface area (Å²) < 4.78 is 12.6. The first kappa shape index (κ1) is 34.1. The lowest BCUT2D eigenvalue weighted by molar-refractivity contribution is -0.128. The number of amides is 1. The fraction of sp³-hybridized carbons (Fsp3) is 0.722. The summed E-state index contributed by atoms with van der Waals surface area (Å²) in [6.45, 7) is 5.78. The molecule has 1 amide bonds. The third-order valence-corrected chi connectivity index (χ3v) is 12.1. The molecule has 2 aliphatic carbocycles. The van der Waals surface area contributed by atoms with Gasteiger partial charge in [0.05, 0.1) is 21.5 Å². The van der Waals surface area contributed by atoms with Gasteiger partial charge in [-0.15, -0.1) is 0 Å². The predicted molar refractivity (Wildman–Crippen MR) is 187 cm³/mol. The first-order chi connectivity index (χ1) is 22.4. The van der Waals surface area contributed by atoms with E-state index in [0.717, 1.165) is 59.7 Å². The average Bonchev–Trinajstić information content (AvgIpc) is 3.51. The lowest BCUT2D eigenvalue weighted by Crippen LogP contribution is -2.59. The van der Waals surface area contributed by atoms with Crippen molar-refractivity contribution in [2.75, 3.05) is 26.2 Å². The number of hydrogen-bond donors (Lipinski definition) is 3. The van der Waals surface area contributed by atoms with Crippen molar-refractivity contribution in [3.8, 4) is 5.75 Å². The van der Waals surface area contributed by atoms with Gasteiger partial charge in [0.1, 0.15) is 12.4 Å². The summed E-state index contributed by atoms with van der Waals surface area (Å²) in [4.78, 5) is 22.6. The van der Waals surface area contributed by atoms with Crippen molar-refractivity contribution in [3.63, 3.8) is 0 Å². The first-order valence-corrected chi connectivity index (χ1v) is 19.0. The second-order valence-electron chi connectivity index (χ2n) is 14.2. The Balaban J connectivity index is 0.971. The summed E-state index contributed by atoms with van der Waals surface area (Å²) in [6.07, 6.45) is 18.4. The minimum atomic E-state index is -0.597. The summed E-state index contributed by atoms with van der Waals surface area (Å²) in [5.74, 6) is 1.73. The van der Waals surface area contributed by atoms with Gasteiger partial charge in [-0.1, -0.05) is 51.0 Å². The number of fused-ring (bicyclic) bond motifs is 1. The number of aliphatic hydroxyl groups excluding tert-OH is 1. The van der Waals surface area contributed by atoms with Crippen LogP contribution in [0.4, 0.5) is 0 Å². The van der Waals surface area contributed by atoms with Gasteiger partial charge in [0, 0.05) is 50.7 Å². The zero-order chi connectivity index (χ0) is 31.9. The third-order valence-electron chi connectivity index (χ3n) is 10.9. The highest BCUT2D eigenvalue weighted by molar-refractivity contribution is 14.1. The maximum Gasteiger partial charge on any atom is 0.223 e. The lowest BCUT2D eigenvalue weighted by atomic mass is 9.87. The number of nitrogens with one attached hydrogen (secondary N) is 2. The molecular formula is C36H54IN5O4. The van der Waals surface area contributed by atoms with E-state index in [1.165, 1.54) is 88.1 Å². The van der Waals surface area contributed by atoms with Crippen molar-refractivity contribution >= 4 is 28.5 Å². The van der Waals surface area contributed by atoms with Crippen LogP contribution >= 0.6 is 22.6 Å². The van der Waals surface area contributed by atoms with Crippen molar-refractivity contribution in [1.82, 2.24) is 25.4 Å². The molecule has 2 unspecified atom stereocenters. The number of oxazole rings is 1. The SMILES string of the molecule is Cc1ncoc1COc1ccc2c(c1I)CCN(C[C@@H](O)CNC(=O)C1CCN(C3CCCCCCCC3)C(NC3CCC3)C1)C2. The summed E-state index contributed by atoms with van der Waals surface area (Å²) in [6, 6.07) is 5.41. The fourth-order valence-corrected chi connectivity index (χ4v) is 8.81. The number of likely N-dealkylation sites (tertiary alicyclic amines) is 1. The number of β-amino-alcohol motifs (C(OH)–C–C–N with tert-alkyl or cyclic N) is 1. The molecule has 254 valence electrons. The van der Waals surface area contributed by atoms with Crippen LogP contribution in [-0.2, 0) is 24.4 Å². The molecule has 3 fully saturated rings. The van der Waals surface area contributed by atoms with Crippen molar-refractivity contribution in [1.29, 1.82) is 0 Å². The zero-order valence-corrected chi connectivity index (χ0v) is 29.8. The molecule has 46 heavy (non-hydrogen) atoms. The second-order valence-corrected chi connectivity index (χ2v) is 15.2. The fourth-order valence-electron chi connectivity index (χ4n) is 7.86. The number of piperidine rings is 1. The van der Waals surface area contributed by atoms with Crippen molar-refractivity contribution in [2.45, 2.75) is 134 Å². The largest absolute Gasteiger partial charge is 0.484 e. The van der Waals surface area contributed by atoms with Gasteiger partial charge in [0.2, 0.25) is 5.91 Å². The number of aromatic nitrogens is 1. The van der Waals surface area contributed by atoms with Crippen LogP contribution < -0.4 is 15.4 Å². The molecule has 3 atom stereocenters. The number of ether oxygens (including phenoxy) is 1. The highest BCUT2D eigenvalue weighted by Gasteiger charge is 2.37. The number of carbonyl (C=O) groups is 1. The van der Waals surface area contributed by atoms with E-state index < -0.39 is 6.10 Å². The molecule has 0 bridgehead atoms. The number of nitrogens with zero attached hydrogens (tertiary/aromatic N) is 3. The normalized spacial score (nSPS) is 24.7. The van der Waals surface area contributed by atoms with Gasteiger partial charge in [-0.3, -0.25) is 19.9 Å². The van der Waals surface area contributed by atoms with Gasteiger partial charge in [0.15, 0.2) is 12.2 Å². The van der Waals surface area contributed by atoms with Gasteiger partial charge in [-0.05, 0) is 91.7 Å². The molecule has 1 saturated heterocycles. The number of carbonyl (C=O) groups excluding carboxylic acids is 1. The molecule has 10 heteroatoms. The number of halogens is 1. The zero-order valence-electron chi connectivity index (χ0n) is 27.7. The average molecular weight is 748 g/mol. The van der Waals surface area contributed by atoms with Crippen molar-refractivity contribution in [2.24, 2.45) is 5.92 Å². The summed E-state index contributed by atoms with van der Waals surface area (Å²) >= 11 is 2.39. The molecule has 2 saturated carbocycles. The molecule has 2 aliphatic heterocycles. The number of benzene rings is 1. The molecular weight excluding hydrogens is 693 g/mol. The van der Waals surface area contributed by atoms with Gasteiger partial charge < -0.3 is 19.6 Å². The summed E-state index contributed by atoms with van der Waals surface area (Å²) in [5.41, 5.74) is 3.44. The second kappa shape index (κ2) is 16.6. The minimum Gasteiger partial charge on any atom is -0.484 e. The molecule has 1 aromatic heterocycles. The van der Waals surface area contributed by atoms with E-state index in [1.54, 1.807) is 0 Å². The molecule has 3 heterocycles. The van der Waals surface area contributed by atoms with Crippen molar-refractivity contribution in [3.05, 3.63) is 44.7 Å². The molecule has 6 rings (SSSR count). The Bertz CT molecular complexity index is 1280. The quantitative estimate of drug-likeness (QED) is 0.253. The monoisotopic (exact) mass is 747 g/mol. The standard InChI is InChI=1S/C36H54IN5O4/c1-25-33(46-24-39-25)23-45-32-14-13-27-21-41(17-16-31(27)35(32)37)22-30(43)20-38-36(44)26-15-18-42(34(19-26)40-28-9-8-10-28)29-11-6-4-2-3-5-7-12-29/h13-14,24,26,28-30,34,40,43H,2-12,15-23H2,1H3,(H,38,44)/t26?,30-,34?/m0/s1. The van der Waals surface area contributed by atoms with Crippen LogP contribution in [0.1, 0.15) is 106 Å². The van der Waals surface area contributed by atoms with E-state index in [4.69, 9.17) is 9.15 Å². The topological polar surface area (TPSA) is 103 Å². The maximum atomic E-state index is 13.4. The van der Waals surface area contributed by atoms with Crippen LogP contribution in [0, 0.1) is 16.4 Å². The summed E-state index contributed by atoms with van der Waals surface area (Å²) in [5, 5.41) is 18.1. The molecule has 9 nitrogen and oxygen atoms in total. The Morgan fingerprint density at radius 2 is 1.87 bits per heavy atom. The Morgan fingerprint density at radius 3 is 2.59 bits per heavy atom. The third kappa shape index (κ3) is 8.84. The van der Waals surface area contributed by atoms with Gasteiger partial charge in [0.25, 0.3) is 0 Å².